The summed E-state index contributed by atoms with van der Waals surface area (Å²) in [6.45, 7) is 0. The molecule has 0 saturated heterocycles. The van der Waals surface area contributed by atoms with Crippen LogP contribution in [-0.4, -0.2) is 26.0 Å². The Bertz CT molecular complexity index is 1140. The van der Waals surface area contributed by atoms with Gasteiger partial charge in [0.25, 0.3) is 5.91 Å². The van der Waals surface area contributed by atoms with Crippen LogP contribution in [0.2, 0.25) is 5.02 Å². The molecule has 3 aromatic carbocycles. The van der Waals surface area contributed by atoms with E-state index in [1.165, 1.54) is 30.3 Å². The van der Waals surface area contributed by atoms with Gasteiger partial charge in [0.1, 0.15) is 17.2 Å². The normalized spacial score (nSPS) is 10.4. The van der Waals surface area contributed by atoms with Gasteiger partial charge in [-0.05, 0) is 54.6 Å². The number of anilines is 4. The number of thiol groups is 1. The van der Waals surface area contributed by atoms with Crippen molar-refractivity contribution in [2.45, 2.75) is 0 Å². The van der Waals surface area contributed by atoms with E-state index in [1.807, 2.05) is 19.0 Å². The van der Waals surface area contributed by atoms with Gasteiger partial charge in [-0.2, -0.15) is 0 Å². The molecule has 2 N–H and O–H groups in total. The molecule has 3 aromatic rings. The number of amides is 3. The minimum atomic E-state index is -0.962. The predicted octanol–water partition coefficient (Wildman–Crippen LogP) is 5.82. The van der Waals surface area contributed by atoms with E-state index in [2.05, 4.69) is 23.4 Å². The Hall–Kier alpha value is -3.30. The Morgan fingerprint density at radius 3 is 2.06 bits per heavy atom. The zero-order valence-electron chi connectivity index (χ0n) is 17.1. The summed E-state index contributed by atoms with van der Waals surface area (Å²) in [4.78, 5) is 26.5. The molecule has 0 fully saturated rings. The Balaban J connectivity index is 1.67. The highest BCUT2D eigenvalue weighted by atomic mass is 35.5. The molecule has 3 amide bonds. The van der Waals surface area contributed by atoms with E-state index in [9.17, 15) is 18.4 Å². The summed E-state index contributed by atoms with van der Waals surface area (Å²) in [5.41, 5.74) is 1.30. The first kappa shape index (κ1) is 23.4. The number of urea groups is 1. The lowest BCUT2D eigenvalue weighted by Gasteiger charge is -2.19. The maximum Gasteiger partial charge on any atom is 0.336 e. The number of nitrogens with one attached hydrogen (secondary N) is 2. The van der Waals surface area contributed by atoms with Crippen LogP contribution in [0.1, 0.15) is 10.4 Å². The molecule has 0 bridgehead atoms. The summed E-state index contributed by atoms with van der Waals surface area (Å²) < 4.78 is 28.6. The molecule has 10 heteroatoms. The average Bonchev–Trinajstić information content (AvgIpc) is 2.73. The number of hydrogen-bond acceptors (Lipinski definition) is 4. The Morgan fingerprint density at radius 2 is 1.50 bits per heavy atom. The van der Waals surface area contributed by atoms with Crippen LogP contribution in [0.15, 0.2) is 60.7 Å². The lowest BCUT2D eigenvalue weighted by Crippen LogP contribution is -2.26. The standard InChI is InChI=1S/C22H19ClF2N4O2S/c1-28(2)19-11-8-14(12-16(19)23)27-22(31)29(32)15-9-6-13(7-10-15)26-21(30)20-17(24)4-3-5-18(20)25/h3-12,32H,1-2H3,(H,26,30)(H,27,31). The van der Waals surface area contributed by atoms with Crippen LogP contribution < -0.4 is 19.8 Å². The van der Waals surface area contributed by atoms with Gasteiger partial charge < -0.3 is 15.5 Å². The Labute approximate surface area is 194 Å². The molecule has 0 unspecified atom stereocenters. The molecule has 0 aliphatic carbocycles. The molecule has 0 heterocycles. The van der Waals surface area contributed by atoms with Crippen molar-refractivity contribution in [3.8, 4) is 0 Å². The van der Waals surface area contributed by atoms with Gasteiger partial charge in [-0.25, -0.2) is 17.9 Å². The third-order valence-corrected chi connectivity index (χ3v) is 5.15. The maximum absolute atomic E-state index is 13.8. The largest absolute Gasteiger partial charge is 0.376 e. The third kappa shape index (κ3) is 5.30. The van der Waals surface area contributed by atoms with Gasteiger partial charge in [0.05, 0.1) is 16.4 Å². The van der Waals surface area contributed by atoms with Crippen LogP contribution >= 0.6 is 24.4 Å². The SMILES string of the molecule is CN(C)c1ccc(NC(=O)N(S)c2ccc(NC(=O)c3c(F)cccc3F)cc2)cc1Cl. The second kappa shape index (κ2) is 9.88. The fourth-order valence-electron chi connectivity index (χ4n) is 2.84. The van der Waals surface area contributed by atoms with Crippen LogP contribution in [0, 0.1) is 11.6 Å². The van der Waals surface area contributed by atoms with E-state index < -0.39 is 29.1 Å². The van der Waals surface area contributed by atoms with Crippen molar-refractivity contribution in [2.24, 2.45) is 0 Å². The van der Waals surface area contributed by atoms with Crippen LogP contribution in [0.25, 0.3) is 0 Å². The van der Waals surface area contributed by atoms with Gasteiger partial charge in [0, 0.05) is 25.5 Å². The fourth-order valence-corrected chi connectivity index (χ4v) is 3.37. The molecule has 6 nitrogen and oxygen atoms in total. The molecule has 0 atom stereocenters. The van der Waals surface area contributed by atoms with E-state index in [0.717, 1.165) is 22.1 Å². The molecular weight excluding hydrogens is 458 g/mol. The quantitative estimate of drug-likeness (QED) is 0.406. The minimum Gasteiger partial charge on any atom is -0.376 e. The van der Waals surface area contributed by atoms with Crippen molar-refractivity contribution in [1.82, 2.24) is 0 Å². The average molecular weight is 477 g/mol. The summed E-state index contributed by atoms with van der Waals surface area (Å²) in [7, 11) is 3.71. The van der Waals surface area contributed by atoms with Gasteiger partial charge >= 0.3 is 6.03 Å². The zero-order chi connectivity index (χ0) is 23.4. The lowest BCUT2D eigenvalue weighted by molar-refractivity contribution is 0.101. The van der Waals surface area contributed by atoms with E-state index in [0.29, 0.717) is 16.4 Å². The van der Waals surface area contributed by atoms with Gasteiger partial charge in [-0.15, -0.1) is 0 Å². The van der Waals surface area contributed by atoms with Crippen molar-refractivity contribution in [3.05, 3.63) is 82.9 Å². The van der Waals surface area contributed by atoms with Gasteiger partial charge in [0.15, 0.2) is 0 Å². The van der Waals surface area contributed by atoms with E-state index in [-0.39, 0.29) is 5.69 Å². The summed E-state index contributed by atoms with van der Waals surface area (Å²) in [5.74, 6) is -2.85. The lowest BCUT2D eigenvalue weighted by atomic mass is 10.1. The number of rotatable bonds is 5. The second-order valence-electron chi connectivity index (χ2n) is 6.90. The van der Waals surface area contributed by atoms with E-state index >= 15 is 0 Å². The zero-order valence-corrected chi connectivity index (χ0v) is 18.7. The molecule has 0 aliphatic rings. The highest BCUT2D eigenvalue weighted by molar-refractivity contribution is 7.82. The number of carbonyl (C=O) groups excluding carboxylic acids is 2. The molecule has 32 heavy (non-hydrogen) atoms. The van der Waals surface area contributed by atoms with Crippen LogP contribution in [0.3, 0.4) is 0 Å². The summed E-state index contributed by atoms with van der Waals surface area (Å²) in [6, 6.07) is 13.7. The highest BCUT2D eigenvalue weighted by Crippen LogP contribution is 2.28. The van der Waals surface area contributed by atoms with Crippen LogP contribution in [0.4, 0.5) is 36.3 Å². The van der Waals surface area contributed by atoms with Crippen molar-refractivity contribution in [2.75, 3.05) is 33.9 Å². The van der Waals surface area contributed by atoms with E-state index in [1.54, 1.807) is 18.2 Å². The molecule has 0 aromatic heterocycles. The van der Waals surface area contributed by atoms with Gasteiger partial charge in [-0.3, -0.25) is 4.79 Å². The third-order valence-electron chi connectivity index (χ3n) is 4.43. The van der Waals surface area contributed by atoms with Gasteiger partial charge in [0.2, 0.25) is 0 Å². The Morgan fingerprint density at radius 1 is 0.906 bits per heavy atom. The summed E-state index contributed by atoms with van der Waals surface area (Å²) in [6.07, 6.45) is 0. The predicted molar refractivity (Wildman–Crippen MR) is 127 cm³/mol. The second-order valence-corrected chi connectivity index (χ2v) is 7.71. The fraction of sp³-hybridized carbons (Fsp3) is 0.0909. The van der Waals surface area contributed by atoms with E-state index in [4.69, 9.17) is 11.6 Å². The molecule has 3 rings (SSSR count). The topological polar surface area (TPSA) is 64.7 Å². The first-order valence-electron chi connectivity index (χ1n) is 9.29. The highest BCUT2D eigenvalue weighted by Gasteiger charge is 2.18. The van der Waals surface area contributed by atoms with Crippen molar-refractivity contribution in [3.63, 3.8) is 0 Å². The molecule has 0 radical (unpaired) electrons. The summed E-state index contributed by atoms with van der Waals surface area (Å²) >= 11 is 10.4. The molecule has 166 valence electrons. The van der Waals surface area contributed by atoms with Gasteiger partial charge in [-0.1, -0.05) is 30.5 Å². The number of hydrogen-bond donors (Lipinski definition) is 3. The number of nitrogens with zero attached hydrogens (tertiary/aromatic N) is 2. The number of benzene rings is 3. The first-order chi connectivity index (χ1) is 15.2. The molecule has 0 saturated carbocycles. The van der Waals surface area contributed by atoms with Crippen molar-refractivity contribution < 1.29 is 18.4 Å². The van der Waals surface area contributed by atoms with Crippen molar-refractivity contribution in [1.29, 1.82) is 0 Å². The summed E-state index contributed by atoms with van der Waals surface area (Å²) in [5, 5.41) is 5.57. The molecule has 0 aliphatic heterocycles. The molecule has 0 spiro atoms. The number of carbonyl (C=O) groups is 2. The smallest absolute Gasteiger partial charge is 0.336 e. The minimum absolute atomic E-state index is 0.287. The Kier molecular flexibility index (Phi) is 7.22. The van der Waals surface area contributed by atoms with Crippen molar-refractivity contribution >= 4 is 59.1 Å². The maximum atomic E-state index is 13.8. The molecular formula is C22H19ClF2N4O2S. The monoisotopic (exact) mass is 476 g/mol. The van der Waals surface area contributed by atoms with Crippen LogP contribution in [-0.2, 0) is 0 Å². The first-order valence-corrected chi connectivity index (χ1v) is 10.1. The van der Waals surface area contributed by atoms with Crippen LogP contribution in [0.5, 0.6) is 0 Å². The number of halogens is 3.